The fourth-order valence-electron chi connectivity index (χ4n) is 4.03. The van der Waals surface area contributed by atoms with Crippen molar-refractivity contribution in [2.45, 2.75) is 13.1 Å². The summed E-state index contributed by atoms with van der Waals surface area (Å²) in [6.07, 6.45) is 0. The van der Waals surface area contributed by atoms with Crippen LogP contribution in [0.15, 0.2) is 78.9 Å². The molecule has 0 saturated heterocycles. The van der Waals surface area contributed by atoms with Crippen molar-refractivity contribution in [1.82, 2.24) is 0 Å². The second-order valence-electron chi connectivity index (χ2n) is 7.90. The molecule has 0 bridgehead atoms. The predicted molar refractivity (Wildman–Crippen MR) is 119 cm³/mol. The molecular formula is C25H21OSi. The summed E-state index contributed by atoms with van der Waals surface area (Å²) in [4.78, 5) is 0. The standard InChI is InChI=1S/C25H21OSi/c1-27(2,3)23-10-5-4-9-22(23)26-21-16-14-19-12-11-17-7-6-8-18-13-15-20(21)25(19)24(17)18/h4-16H,1H2,2-3H3. The van der Waals surface area contributed by atoms with Gasteiger partial charge >= 0.3 is 0 Å². The van der Waals surface area contributed by atoms with Crippen molar-refractivity contribution in [2.75, 3.05) is 0 Å². The first-order valence-corrected chi connectivity index (χ1v) is 12.5. The Labute approximate surface area is 160 Å². The number of para-hydroxylation sites is 1. The quantitative estimate of drug-likeness (QED) is 0.256. The number of benzene rings is 5. The van der Waals surface area contributed by atoms with Crippen LogP contribution in [0.25, 0.3) is 32.3 Å². The van der Waals surface area contributed by atoms with Gasteiger partial charge < -0.3 is 4.74 Å². The lowest BCUT2D eigenvalue weighted by atomic mass is 9.94. The van der Waals surface area contributed by atoms with E-state index in [2.05, 4.69) is 92.4 Å². The van der Waals surface area contributed by atoms with E-state index in [1.165, 1.54) is 32.1 Å². The first-order valence-electron chi connectivity index (χ1n) is 9.32. The predicted octanol–water partition coefficient (Wildman–Crippen LogP) is 6.66. The van der Waals surface area contributed by atoms with E-state index in [9.17, 15) is 0 Å². The Kier molecular flexibility index (Phi) is 3.53. The van der Waals surface area contributed by atoms with Gasteiger partial charge in [-0.3, -0.25) is 0 Å². The summed E-state index contributed by atoms with van der Waals surface area (Å²) in [6.45, 7) is 8.93. The monoisotopic (exact) mass is 365 g/mol. The summed E-state index contributed by atoms with van der Waals surface area (Å²) in [5, 5.41) is 8.81. The fraction of sp³-hybridized carbons (Fsp3) is 0.0800. The van der Waals surface area contributed by atoms with Crippen molar-refractivity contribution in [3.63, 3.8) is 0 Å². The third-order valence-electron chi connectivity index (χ3n) is 5.32. The maximum Gasteiger partial charge on any atom is 0.135 e. The van der Waals surface area contributed by atoms with E-state index in [1.807, 2.05) is 6.07 Å². The number of hydrogen-bond donors (Lipinski definition) is 0. The molecule has 131 valence electrons. The van der Waals surface area contributed by atoms with Crippen LogP contribution in [0.5, 0.6) is 11.5 Å². The van der Waals surface area contributed by atoms with Gasteiger partial charge in [-0.1, -0.05) is 80.3 Å². The van der Waals surface area contributed by atoms with E-state index in [1.54, 1.807) is 0 Å². The maximum atomic E-state index is 6.49. The van der Waals surface area contributed by atoms with Crippen LogP contribution in [-0.4, -0.2) is 8.07 Å². The molecule has 5 rings (SSSR count). The van der Waals surface area contributed by atoms with Crippen molar-refractivity contribution in [3.05, 3.63) is 85.4 Å². The summed E-state index contributed by atoms with van der Waals surface area (Å²) in [7, 11) is -1.74. The van der Waals surface area contributed by atoms with E-state index in [-0.39, 0.29) is 0 Å². The van der Waals surface area contributed by atoms with Crippen LogP contribution < -0.4 is 9.92 Å². The molecule has 0 aromatic heterocycles. The molecule has 1 nitrogen and oxygen atoms in total. The van der Waals surface area contributed by atoms with Gasteiger partial charge in [0.05, 0.1) is 8.07 Å². The molecule has 0 amide bonds. The summed E-state index contributed by atoms with van der Waals surface area (Å²) >= 11 is 0. The zero-order chi connectivity index (χ0) is 18.6. The molecule has 0 atom stereocenters. The van der Waals surface area contributed by atoms with Gasteiger partial charge in [-0.05, 0) is 44.9 Å². The second-order valence-corrected chi connectivity index (χ2v) is 12.2. The van der Waals surface area contributed by atoms with Crippen LogP contribution in [0.3, 0.4) is 0 Å². The van der Waals surface area contributed by atoms with Gasteiger partial charge in [0.2, 0.25) is 0 Å². The van der Waals surface area contributed by atoms with Crippen molar-refractivity contribution < 1.29 is 4.74 Å². The minimum Gasteiger partial charge on any atom is -0.457 e. The van der Waals surface area contributed by atoms with E-state index in [0.717, 1.165) is 16.9 Å². The molecule has 0 heterocycles. The number of hydrogen-bond acceptors (Lipinski definition) is 1. The third-order valence-corrected chi connectivity index (χ3v) is 7.20. The molecule has 0 fully saturated rings. The average Bonchev–Trinajstić information content (AvgIpc) is 2.67. The molecule has 0 N–H and O–H groups in total. The first kappa shape index (κ1) is 16.3. The summed E-state index contributed by atoms with van der Waals surface area (Å²) in [6, 6.07) is 27.9. The summed E-state index contributed by atoms with van der Waals surface area (Å²) in [5.74, 6) is 1.84. The first-order chi connectivity index (χ1) is 13.0. The summed E-state index contributed by atoms with van der Waals surface area (Å²) < 4.78 is 6.49. The van der Waals surface area contributed by atoms with Gasteiger partial charge in [0.1, 0.15) is 11.5 Å². The third kappa shape index (κ3) is 2.60. The molecule has 0 aliphatic rings. The van der Waals surface area contributed by atoms with Gasteiger partial charge in [0.25, 0.3) is 0 Å². The minimum absolute atomic E-state index is 0.909. The van der Waals surface area contributed by atoms with Crippen molar-refractivity contribution in [2.24, 2.45) is 0 Å². The molecule has 0 aliphatic carbocycles. The Morgan fingerprint density at radius 2 is 1.26 bits per heavy atom. The SMILES string of the molecule is [CH2][Si](C)(C)c1ccccc1Oc1ccc2ccc3cccc4ccc1c2c34. The zero-order valence-corrected chi connectivity index (χ0v) is 16.6. The zero-order valence-electron chi connectivity index (χ0n) is 15.6. The Morgan fingerprint density at radius 3 is 2.00 bits per heavy atom. The normalized spacial score (nSPS) is 12.3. The molecular weight excluding hydrogens is 344 g/mol. The highest BCUT2D eigenvalue weighted by atomic mass is 28.3. The molecule has 0 spiro atoms. The highest BCUT2D eigenvalue weighted by Gasteiger charge is 2.22. The van der Waals surface area contributed by atoms with Crippen LogP contribution in [0.2, 0.25) is 13.1 Å². The largest absolute Gasteiger partial charge is 0.457 e. The van der Waals surface area contributed by atoms with Crippen LogP contribution >= 0.6 is 0 Å². The molecule has 2 heteroatoms. The molecule has 5 aromatic carbocycles. The summed E-state index contributed by atoms with van der Waals surface area (Å²) in [5.41, 5.74) is 0. The van der Waals surface area contributed by atoms with Crippen molar-refractivity contribution in [1.29, 1.82) is 0 Å². The molecule has 0 aliphatic heterocycles. The topological polar surface area (TPSA) is 9.23 Å². The van der Waals surface area contributed by atoms with Crippen LogP contribution in [0.1, 0.15) is 0 Å². The lowest BCUT2D eigenvalue weighted by Gasteiger charge is -2.21. The van der Waals surface area contributed by atoms with Crippen LogP contribution in [0.4, 0.5) is 0 Å². The van der Waals surface area contributed by atoms with E-state index < -0.39 is 8.07 Å². The Hall–Kier alpha value is -2.84. The average molecular weight is 366 g/mol. The molecule has 5 aromatic rings. The van der Waals surface area contributed by atoms with Gasteiger partial charge in [-0.15, -0.1) is 0 Å². The molecule has 0 unspecified atom stereocenters. The lowest BCUT2D eigenvalue weighted by Crippen LogP contribution is -2.39. The van der Waals surface area contributed by atoms with Gasteiger partial charge in [0, 0.05) is 10.8 Å². The van der Waals surface area contributed by atoms with Gasteiger partial charge in [-0.2, -0.15) is 0 Å². The Morgan fingerprint density at radius 1 is 0.630 bits per heavy atom. The highest BCUT2D eigenvalue weighted by Crippen LogP contribution is 2.39. The maximum absolute atomic E-state index is 6.49. The Bertz CT molecular complexity index is 1260. The van der Waals surface area contributed by atoms with Gasteiger partial charge in [0.15, 0.2) is 0 Å². The van der Waals surface area contributed by atoms with Crippen molar-refractivity contribution >= 4 is 45.6 Å². The Balaban J connectivity index is 1.76. The van der Waals surface area contributed by atoms with Crippen LogP contribution in [0, 0.1) is 6.55 Å². The second kappa shape index (κ2) is 5.83. The van der Waals surface area contributed by atoms with E-state index in [0.29, 0.717) is 0 Å². The van der Waals surface area contributed by atoms with E-state index in [4.69, 9.17) is 4.74 Å². The fourth-order valence-corrected chi connectivity index (χ4v) is 5.38. The number of ether oxygens (including phenoxy) is 1. The highest BCUT2D eigenvalue weighted by molar-refractivity contribution is 6.91. The minimum atomic E-state index is -1.74. The van der Waals surface area contributed by atoms with E-state index >= 15 is 0 Å². The molecule has 27 heavy (non-hydrogen) atoms. The van der Waals surface area contributed by atoms with Gasteiger partial charge in [-0.25, -0.2) is 0 Å². The van der Waals surface area contributed by atoms with Crippen molar-refractivity contribution in [3.8, 4) is 11.5 Å². The smallest absolute Gasteiger partial charge is 0.135 e. The number of rotatable bonds is 3. The lowest BCUT2D eigenvalue weighted by molar-refractivity contribution is 0.492. The molecule has 1 radical (unpaired) electrons. The van der Waals surface area contributed by atoms with Crippen LogP contribution in [-0.2, 0) is 0 Å². The molecule has 0 saturated carbocycles.